The fourth-order valence-corrected chi connectivity index (χ4v) is 2.27. The van der Waals surface area contributed by atoms with E-state index >= 15 is 0 Å². The number of carbonyl (C=O) groups excluding carboxylic acids is 3. The molecule has 8 nitrogen and oxygen atoms in total. The largest absolute Gasteiger partial charge is 0.465 e. The van der Waals surface area contributed by atoms with Crippen LogP contribution in [0, 0.1) is 0 Å². The van der Waals surface area contributed by atoms with Crippen LogP contribution in [0.2, 0.25) is 0 Å². The quantitative estimate of drug-likeness (QED) is 0.595. The Balaban J connectivity index is 0.000000292. The van der Waals surface area contributed by atoms with Crippen molar-refractivity contribution in [2.45, 2.75) is 0 Å². The number of hydrogen-bond acceptors (Lipinski definition) is 8. The molecule has 28 heavy (non-hydrogen) atoms. The summed E-state index contributed by atoms with van der Waals surface area (Å²) >= 11 is 0. The first-order valence-electron chi connectivity index (χ1n) is 8.26. The van der Waals surface area contributed by atoms with Gasteiger partial charge in [-0.1, -0.05) is 12.1 Å². The highest BCUT2D eigenvalue weighted by molar-refractivity contribution is 5.99. The van der Waals surface area contributed by atoms with Crippen LogP contribution in [-0.2, 0) is 14.2 Å². The SMILES string of the molecule is CNc1ccc(C(=O)OC)cc1C(=O)OC.CNc1ccccc1C(=O)OC. The number of ether oxygens (including phenoxy) is 3. The van der Waals surface area contributed by atoms with Gasteiger partial charge in [0.15, 0.2) is 0 Å². The molecule has 0 aliphatic carbocycles. The zero-order valence-corrected chi connectivity index (χ0v) is 16.5. The van der Waals surface area contributed by atoms with Gasteiger partial charge in [0.1, 0.15) is 0 Å². The average Bonchev–Trinajstić information content (AvgIpc) is 2.77. The predicted octanol–water partition coefficient (Wildman–Crippen LogP) is 2.82. The summed E-state index contributed by atoms with van der Waals surface area (Å²) < 4.78 is 13.8. The minimum Gasteiger partial charge on any atom is -0.465 e. The van der Waals surface area contributed by atoms with Gasteiger partial charge in [-0.2, -0.15) is 0 Å². The van der Waals surface area contributed by atoms with Crippen LogP contribution < -0.4 is 10.6 Å². The van der Waals surface area contributed by atoms with Crippen LogP contribution in [0.5, 0.6) is 0 Å². The van der Waals surface area contributed by atoms with Crippen LogP contribution in [0.25, 0.3) is 0 Å². The molecule has 2 N–H and O–H groups in total. The summed E-state index contributed by atoms with van der Waals surface area (Å²) in [6.45, 7) is 0. The molecule has 2 rings (SSSR count). The molecule has 0 aliphatic rings. The van der Waals surface area contributed by atoms with Gasteiger partial charge >= 0.3 is 17.9 Å². The number of esters is 3. The van der Waals surface area contributed by atoms with E-state index in [0.717, 1.165) is 5.69 Å². The molecule has 0 heterocycles. The van der Waals surface area contributed by atoms with E-state index < -0.39 is 11.9 Å². The van der Waals surface area contributed by atoms with E-state index in [2.05, 4.69) is 24.8 Å². The average molecular weight is 388 g/mol. The van der Waals surface area contributed by atoms with Crippen LogP contribution in [0.4, 0.5) is 11.4 Å². The number of methoxy groups -OCH3 is 3. The first-order chi connectivity index (χ1) is 13.4. The first-order valence-corrected chi connectivity index (χ1v) is 8.26. The van der Waals surface area contributed by atoms with E-state index in [4.69, 9.17) is 0 Å². The third-order valence-electron chi connectivity index (χ3n) is 3.72. The van der Waals surface area contributed by atoms with Crippen molar-refractivity contribution in [3.63, 3.8) is 0 Å². The van der Waals surface area contributed by atoms with E-state index in [0.29, 0.717) is 22.4 Å². The van der Waals surface area contributed by atoms with Gasteiger partial charge in [-0.05, 0) is 30.3 Å². The Hall–Kier alpha value is -3.55. The Morgan fingerprint density at radius 2 is 1.18 bits per heavy atom. The molecule has 0 aromatic heterocycles. The Bertz CT molecular complexity index is 835. The second-order valence-corrected chi connectivity index (χ2v) is 5.28. The van der Waals surface area contributed by atoms with Crippen molar-refractivity contribution in [3.05, 3.63) is 59.2 Å². The first kappa shape index (κ1) is 22.5. The molecular weight excluding hydrogens is 364 g/mol. The van der Waals surface area contributed by atoms with Crippen molar-refractivity contribution in [1.82, 2.24) is 0 Å². The Labute approximate surface area is 163 Å². The topological polar surface area (TPSA) is 103 Å². The predicted molar refractivity (Wildman–Crippen MR) is 106 cm³/mol. The Kier molecular flexibility index (Phi) is 9.02. The van der Waals surface area contributed by atoms with E-state index in [9.17, 15) is 14.4 Å². The maximum absolute atomic E-state index is 11.4. The van der Waals surface area contributed by atoms with Crippen LogP contribution in [0.1, 0.15) is 31.1 Å². The molecule has 2 aromatic rings. The summed E-state index contributed by atoms with van der Waals surface area (Å²) in [5.41, 5.74) is 2.54. The van der Waals surface area contributed by atoms with Crippen LogP contribution >= 0.6 is 0 Å². The molecule has 0 saturated heterocycles. The highest BCUT2D eigenvalue weighted by Gasteiger charge is 2.15. The van der Waals surface area contributed by atoms with Crippen LogP contribution in [0.3, 0.4) is 0 Å². The lowest BCUT2D eigenvalue weighted by Gasteiger charge is -2.08. The molecule has 0 fully saturated rings. The number of para-hydroxylation sites is 1. The van der Waals surface area contributed by atoms with Crippen molar-refractivity contribution >= 4 is 29.3 Å². The third kappa shape index (κ3) is 5.73. The monoisotopic (exact) mass is 388 g/mol. The molecule has 0 bridgehead atoms. The van der Waals surface area contributed by atoms with Crippen molar-refractivity contribution in [3.8, 4) is 0 Å². The molecule has 150 valence electrons. The number of anilines is 2. The molecule has 0 radical (unpaired) electrons. The second-order valence-electron chi connectivity index (χ2n) is 5.28. The fraction of sp³-hybridized carbons (Fsp3) is 0.250. The molecular formula is C20H24N2O6. The summed E-state index contributed by atoms with van der Waals surface area (Å²) in [5, 5.41) is 5.75. The molecule has 8 heteroatoms. The number of nitrogens with one attached hydrogen (secondary N) is 2. The smallest absolute Gasteiger partial charge is 0.339 e. The van der Waals surface area contributed by atoms with Gasteiger partial charge in [0.05, 0.1) is 38.0 Å². The number of hydrogen-bond donors (Lipinski definition) is 2. The summed E-state index contributed by atoms with van der Waals surface area (Å²) in [4.78, 5) is 33.9. The van der Waals surface area contributed by atoms with Crippen molar-refractivity contribution < 1.29 is 28.6 Å². The lowest BCUT2D eigenvalue weighted by molar-refractivity contribution is 0.0588. The zero-order valence-electron chi connectivity index (χ0n) is 16.5. The Morgan fingerprint density at radius 3 is 1.71 bits per heavy atom. The zero-order chi connectivity index (χ0) is 21.1. The highest BCUT2D eigenvalue weighted by Crippen LogP contribution is 2.18. The molecule has 0 spiro atoms. The minimum atomic E-state index is -0.505. The summed E-state index contributed by atoms with van der Waals surface area (Å²) in [7, 11) is 7.38. The van der Waals surface area contributed by atoms with Crippen molar-refractivity contribution in [2.75, 3.05) is 46.1 Å². The minimum absolute atomic E-state index is 0.299. The number of carbonyl (C=O) groups is 3. The Morgan fingerprint density at radius 1 is 0.679 bits per heavy atom. The van der Waals surface area contributed by atoms with Gasteiger partial charge in [0.25, 0.3) is 0 Å². The lowest BCUT2D eigenvalue weighted by Crippen LogP contribution is -2.09. The van der Waals surface area contributed by atoms with E-state index in [1.54, 1.807) is 38.4 Å². The molecule has 0 atom stereocenters. The third-order valence-corrected chi connectivity index (χ3v) is 3.72. The van der Waals surface area contributed by atoms with Gasteiger partial charge in [-0.15, -0.1) is 0 Å². The fourth-order valence-electron chi connectivity index (χ4n) is 2.27. The van der Waals surface area contributed by atoms with Gasteiger partial charge in [0, 0.05) is 25.5 Å². The molecule has 2 aromatic carbocycles. The highest BCUT2D eigenvalue weighted by atomic mass is 16.5. The van der Waals surface area contributed by atoms with Gasteiger partial charge in [-0.25, -0.2) is 14.4 Å². The van der Waals surface area contributed by atoms with Crippen molar-refractivity contribution in [2.24, 2.45) is 0 Å². The van der Waals surface area contributed by atoms with Gasteiger partial charge in [0.2, 0.25) is 0 Å². The van der Waals surface area contributed by atoms with Gasteiger partial charge in [-0.3, -0.25) is 0 Å². The van der Waals surface area contributed by atoms with Crippen LogP contribution in [0.15, 0.2) is 42.5 Å². The van der Waals surface area contributed by atoms with Gasteiger partial charge < -0.3 is 24.8 Å². The molecule has 0 saturated carbocycles. The number of benzene rings is 2. The normalized spacial score (nSPS) is 9.32. The van der Waals surface area contributed by atoms with Crippen molar-refractivity contribution in [1.29, 1.82) is 0 Å². The number of rotatable bonds is 5. The second kappa shape index (κ2) is 11.2. The summed E-state index contributed by atoms with van der Waals surface area (Å²) in [6.07, 6.45) is 0. The molecule has 0 amide bonds. The van der Waals surface area contributed by atoms with E-state index in [1.807, 2.05) is 12.1 Å². The lowest BCUT2D eigenvalue weighted by atomic mass is 10.1. The maximum Gasteiger partial charge on any atom is 0.339 e. The molecule has 0 aliphatic heterocycles. The summed E-state index contributed by atoms with van der Waals surface area (Å²) in [5.74, 6) is -1.32. The summed E-state index contributed by atoms with van der Waals surface area (Å²) in [6, 6.07) is 11.8. The van der Waals surface area contributed by atoms with E-state index in [-0.39, 0.29) is 5.97 Å². The van der Waals surface area contributed by atoms with Crippen LogP contribution in [-0.4, -0.2) is 53.3 Å². The maximum atomic E-state index is 11.4. The van der Waals surface area contributed by atoms with E-state index in [1.165, 1.54) is 27.4 Å². The standard InChI is InChI=1S/C11H13NO4.C9H11NO2/c1-12-9-5-4-7(10(13)15-2)6-8(9)11(14)16-3;1-10-8-6-4-3-5-7(8)9(11)12-2/h4-6,12H,1-3H3;3-6,10H,1-2H3. The molecule has 0 unspecified atom stereocenters.